The summed E-state index contributed by atoms with van der Waals surface area (Å²) in [7, 11) is 1.38. The number of phenols is 1. The predicted octanol–water partition coefficient (Wildman–Crippen LogP) is 1.91. The van der Waals surface area contributed by atoms with E-state index in [0.29, 0.717) is 4.47 Å². The lowest BCUT2D eigenvalue weighted by Crippen LogP contribution is -2.18. The maximum Gasteiger partial charge on any atom is 0.379 e. The summed E-state index contributed by atoms with van der Waals surface area (Å²) >= 11 is 3.12. The van der Waals surface area contributed by atoms with Crippen molar-refractivity contribution >= 4 is 27.7 Å². The Labute approximate surface area is 106 Å². The Morgan fingerprint density at radius 2 is 2.06 bits per heavy atom. The van der Waals surface area contributed by atoms with E-state index >= 15 is 0 Å². The molecule has 0 aliphatic heterocycles. The molecule has 0 saturated heterocycles. The van der Waals surface area contributed by atoms with Gasteiger partial charge < -0.3 is 14.6 Å². The number of benzene rings is 1. The molecule has 1 rings (SSSR count). The second-order valence-electron chi connectivity index (χ2n) is 3.05. The number of ketones is 1. The Morgan fingerprint density at radius 1 is 1.41 bits per heavy atom. The monoisotopic (exact) mass is 302 g/mol. The molecule has 0 aliphatic carbocycles. The summed E-state index contributed by atoms with van der Waals surface area (Å²) in [5.74, 6) is -1.80. The van der Waals surface area contributed by atoms with Gasteiger partial charge in [0, 0.05) is 10.0 Å². The molecule has 1 N–H and O–H groups in total. The molecule has 0 aliphatic rings. The van der Waals surface area contributed by atoms with Crippen LogP contribution in [0, 0.1) is 0 Å². The van der Waals surface area contributed by atoms with E-state index in [9.17, 15) is 14.7 Å². The van der Waals surface area contributed by atoms with E-state index in [1.54, 1.807) is 6.92 Å². The van der Waals surface area contributed by atoms with Gasteiger partial charge in [-0.15, -0.1) is 0 Å². The third-order valence-electron chi connectivity index (χ3n) is 1.97. The van der Waals surface area contributed by atoms with Crippen molar-refractivity contribution in [3.8, 4) is 11.5 Å². The van der Waals surface area contributed by atoms with Crippen LogP contribution >= 0.6 is 15.9 Å². The van der Waals surface area contributed by atoms with Crippen LogP contribution in [-0.4, -0.2) is 30.6 Å². The molecule has 0 radical (unpaired) electrons. The third-order valence-corrected chi connectivity index (χ3v) is 2.63. The topological polar surface area (TPSA) is 72.8 Å². The van der Waals surface area contributed by atoms with Crippen LogP contribution in [0.5, 0.6) is 11.5 Å². The number of hydrogen-bond donors (Lipinski definition) is 1. The molecule has 0 unspecified atom stereocenters. The standard InChI is InChI=1S/C11H11BrO5/c1-3-17-11(15)10(14)6-4-8(13)9(16-2)5-7(6)12/h4-5,13H,3H2,1-2H3. The molecule has 17 heavy (non-hydrogen) atoms. The van der Waals surface area contributed by atoms with Crippen molar-refractivity contribution in [2.75, 3.05) is 13.7 Å². The minimum Gasteiger partial charge on any atom is -0.504 e. The van der Waals surface area contributed by atoms with Crippen LogP contribution < -0.4 is 4.74 Å². The first-order valence-electron chi connectivity index (χ1n) is 4.79. The molecule has 1 aromatic rings. The molecule has 0 amide bonds. The van der Waals surface area contributed by atoms with Crippen molar-refractivity contribution < 1.29 is 24.2 Å². The number of hydrogen-bond acceptors (Lipinski definition) is 5. The van der Waals surface area contributed by atoms with Gasteiger partial charge in [-0.3, -0.25) is 4.79 Å². The van der Waals surface area contributed by atoms with E-state index in [1.165, 1.54) is 13.2 Å². The Hall–Kier alpha value is -1.56. The maximum atomic E-state index is 11.7. The number of aromatic hydroxyl groups is 1. The van der Waals surface area contributed by atoms with Gasteiger partial charge in [-0.1, -0.05) is 0 Å². The minimum absolute atomic E-state index is 0.0294. The average molecular weight is 303 g/mol. The lowest BCUT2D eigenvalue weighted by atomic mass is 10.1. The smallest absolute Gasteiger partial charge is 0.379 e. The molecule has 0 heterocycles. The number of carbonyl (C=O) groups is 2. The average Bonchev–Trinajstić information content (AvgIpc) is 2.31. The zero-order chi connectivity index (χ0) is 13.0. The molecule has 0 spiro atoms. The molecule has 92 valence electrons. The number of halogens is 1. The van der Waals surface area contributed by atoms with Crippen LogP contribution in [0.1, 0.15) is 17.3 Å². The highest BCUT2D eigenvalue weighted by molar-refractivity contribution is 9.10. The zero-order valence-corrected chi connectivity index (χ0v) is 10.9. The first-order chi connectivity index (χ1) is 8.01. The van der Waals surface area contributed by atoms with Crippen LogP contribution in [0.3, 0.4) is 0 Å². The minimum atomic E-state index is -0.960. The maximum absolute atomic E-state index is 11.7. The highest BCUT2D eigenvalue weighted by Crippen LogP contribution is 2.32. The predicted molar refractivity (Wildman–Crippen MR) is 63.3 cm³/mol. The molecule has 0 fully saturated rings. The fourth-order valence-corrected chi connectivity index (χ4v) is 1.69. The number of rotatable bonds is 4. The van der Waals surface area contributed by atoms with Crippen LogP contribution in [0.4, 0.5) is 0 Å². The summed E-state index contributed by atoms with van der Waals surface area (Å²) in [5.41, 5.74) is 0.0294. The largest absolute Gasteiger partial charge is 0.504 e. The van der Waals surface area contributed by atoms with Gasteiger partial charge in [0.05, 0.1) is 13.7 Å². The Bertz CT molecular complexity index is 455. The first kappa shape index (κ1) is 13.5. The second kappa shape index (κ2) is 5.67. The van der Waals surface area contributed by atoms with Gasteiger partial charge in [0.25, 0.3) is 5.78 Å². The van der Waals surface area contributed by atoms with E-state index in [-0.39, 0.29) is 23.7 Å². The molecule has 1 aromatic carbocycles. The molecular weight excluding hydrogens is 292 g/mol. The van der Waals surface area contributed by atoms with Crippen molar-refractivity contribution in [2.24, 2.45) is 0 Å². The second-order valence-corrected chi connectivity index (χ2v) is 3.91. The first-order valence-corrected chi connectivity index (χ1v) is 5.58. The SMILES string of the molecule is CCOC(=O)C(=O)c1cc(O)c(OC)cc1Br. The number of phenolic OH excluding ortho intramolecular Hbond substituents is 1. The number of ether oxygens (including phenoxy) is 2. The normalized spacial score (nSPS) is 9.82. The van der Waals surface area contributed by atoms with Crippen LogP contribution in [0.25, 0.3) is 0 Å². The van der Waals surface area contributed by atoms with Crippen molar-refractivity contribution in [1.29, 1.82) is 0 Å². The highest BCUT2D eigenvalue weighted by Gasteiger charge is 2.22. The van der Waals surface area contributed by atoms with Crippen molar-refractivity contribution in [2.45, 2.75) is 6.92 Å². The van der Waals surface area contributed by atoms with Crippen molar-refractivity contribution in [3.63, 3.8) is 0 Å². The van der Waals surface area contributed by atoms with E-state index in [4.69, 9.17) is 4.74 Å². The molecule has 0 aromatic heterocycles. The van der Waals surface area contributed by atoms with Gasteiger partial charge in [-0.25, -0.2) is 4.79 Å². The van der Waals surface area contributed by atoms with Crippen LogP contribution in [0.2, 0.25) is 0 Å². The third kappa shape index (κ3) is 2.97. The van der Waals surface area contributed by atoms with Crippen molar-refractivity contribution in [3.05, 3.63) is 22.2 Å². The van der Waals surface area contributed by atoms with Gasteiger partial charge >= 0.3 is 5.97 Å². The summed E-state index contributed by atoms with van der Waals surface area (Å²) in [5, 5.41) is 9.53. The fraction of sp³-hybridized carbons (Fsp3) is 0.273. The molecule has 0 saturated carbocycles. The van der Waals surface area contributed by atoms with Crippen LogP contribution in [-0.2, 0) is 9.53 Å². The Balaban J connectivity index is 3.11. The number of carbonyl (C=O) groups excluding carboxylic acids is 2. The summed E-state index contributed by atoms with van der Waals surface area (Å²) in [6.45, 7) is 1.72. The Morgan fingerprint density at radius 3 is 2.59 bits per heavy atom. The van der Waals surface area contributed by atoms with E-state index in [1.807, 2.05) is 0 Å². The van der Waals surface area contributed by atoms with Gasteiger partial charge in [0.1, 0.15) is 0 Å². The van der Waals surface area contributed by atoms with Gasteiger partial charge in [0.2, 0.25) is 0 Å². The number of Topliss-reactive ketones (excluding diaryl/α,β-unsaturated/α-hetero) is 1. The van der Waals surface area contributed by atoms with Gasteiger partial charge in [-0.05, 0) is 35.0 Å². The van der Waals surface area contributed by atoms with E-state index < -0.39 is 11.8 Å². The molecule has 6 heteroatoms. The van der Waals surface area contributed by atoms with E-state index in [0.717, 1.165) is 6.07 Å². The molecular formula is C11H11BrO5. The summed E-state index contributed by atoms with van der Waals surface area (Å²) in [4.78, 5) is 22.9. The van der Waals surface area contributed by atoms with E-state index in [2.05, 4.69) is 20.7 Å². The quantitative estimate of drug-likeness (QED) is 0.522. The highest BCUT2D eigenvalue weighted by atomic mass is 79.9. The summed E-state index contributed by atoms with van der Waals surface area (Å²) in [6, 6.07) is 2.56. The molecule has 0 atom stereocenters. The fourth-order valence-electron chi connectivity index (χ4n) is 1.19. The molecule has 0 bridgehead atoms. The summed E-state index contributed by atoms with van der Waals surface area (Å²) < 4.78 is 9.80. The molecule has 5 nitrogen and oxygen atoms in total. The number of esters is 1. The van der Waals surface area contributed by atoms with Crippen molar-refractivity contribution in [1.82, 2.24) is 0 Å². The zero-order valence-electron chi connectivity index (χ0n) is 9.32. The summed E-state index contributed by atoms with van der Waals surface area (Å²) in [6.07, 6.45) is 0. The Kier molecular flexibility index (Phi) is 4.51. The van der Waals surface area contributed by atoms with Gasteiger partial charge in [-0.2, -0.15) is 0 Å². The van der Waals surface area contributed by atoms with Crippen LogP contribution in [0.15, 0.2) is 16.6 Å². The number of methoxy groups -OCH3 is 1. The van der Waals surface area contributed by atoms with Gasteiger partial charge in [0.15, 0.2) is 11.5 Å². The lowest BCUT2D eigenvalue weighted by molar-refractivity contribution is -0.137. The lowest BCUT2D eigenvalue weighted by Gasteiger charge is -2.07.